The molecule has 0 aliphatic heterocycles. The van der Waals surface area contributed by atoms with E-state index in [4.69, 9.17) is 9.47 Å². The van der Waals surface area contributed by atoms with E-state index in [1.165, 1.54) is 6.42 Å². The molecule has 0 spiro atoms. The molecule has 0 saturated heterocycles. The van der Waals surface area contributed by atoms with Crippen molar-refractivity contribution in [3.63, 3.8) is 0 Å². The molecule has 0 unspecified atom stereocenters. The van der Waals surface area contributed by atoms with Gasteiger partial charge in [0.1, 0.15) is 11.4 Å². The zero-order chi connectivity index (χ0) is 23.2. The molecule has 4 rings (SSSR count). The van der Waals surface area contributed by atoms with Crippen molar-refractivity contribution in [3.05, 3.63) is 60.3 Å². The SMILES string of the molecule is CCOC(=O)c1cc(-c2cccc(NC(=O)C3CCCCC3)c2)n(-c2ccccc2OC)n1. The van der Waals surface area contributed by atoms with Crippen LogP contribution < -0.4 is 10.1 Å². The molecule has 33 heavy (non-hydrogen) atoms. The highest BCUT2D eigenvalue weighted by molar-refractivity contribution is 5.93. The van der Waals surface area contributed by atoms with Crippen molar-refractivity contribution in [2.45, 2.75) is 39.0 Å². The Hall–Kier alpha value is -3.61. The molecule has 1 aliphatic rings. The number of carbonyl (C=O) groups is 2. The summed E-state index contributed by atoms with van der Waals surface area (Å²) in [7, 11) is 1.59. The largest absolute Gasteiger partial charge is 0.494 e. The average molecular weight is 448 g/mol. The Morgan fingerprint density at radius 2 is 1.85 bits per heavy atom. The topological polar surface area (TPSA) is 82.5 Å². The van der Waals surface area contributed by atoms with E-state index >= 15 is 0 Å². The lowest BCUT2D eigenvalue weighted by atomic mass is 9.88. The number of rotatable bonds is 7. The molecule has 2 aromatic carbocycles. The summed E-state index contributed by atoms with van der Waals surface area (Å²) in [5.41, 5.74) is 3.12. The van der Waals surface area contributed by atoms with Gasteiger partial charge in [-0.3, -0.25) is 4.79 Å². The standard InChI is InChI=1S/C26H29N3O4/c1-3-33-26(31)21-17-23(29(28-21)22-14-7-8-15-24(22)32-2)19-12-9-13-20(16-19)27-25(30)18-10-5-4-6-11-18/h7-9,12-18H,3-6,10-11H2,1-2H3,(H,27,30). The Kier molecular flexibility index (Phi) is 7.07. The van der Waals surface area contributed by atoms with E-state index in [-0.39, 0.29) is 24.1 Å². The fraction of sp³-hybridized carbons (Fsp3) is 0.346. The van der Waals surface area contributed by atoms with Crippen LogP contribution >= 0.6 is 0 Å². The third-order valence-corrected chi connectivity index (χ3v) is 5.91. The van der Waals surface area contributed by atoms with Gasteiger partial charge < -0.3 is 14.8 Å². The van der Waals surface area contributed by atoms with Crippen LogP contribution in [0.3, 0.4) is 0 Å². The first kappa shape index (κ1) is 22.6. The van der Waals surface area contributed by atoms with Gasteiger partial charge in [-0.15, -0.1) is 0 Å². The lowest BCUT2D eigenvalue weighted by Gasteiger charge is -2.21. The number of aromatic nitrogens is 2. The van der Waals surface area contributed by atoms with Crippen LogP contribution in [-0.4, -0.2) is 35.4 Å². The van der Waals surface area contributed by atoms with Crippen LogP contribution in [0.1, 0.15) is 49.5 Å². The first-order valence-corrected chi connectivity index (χ1v) is 11.4. The summed E-state index contributed by atoms with van der Waals surface area (Å²) in [6.45, 7) is 2.02. The van der Waals surface area contributed by atoms with E-state index < -0.39 is 5.97 Å². The monoisotopic (exact) mass is 447 g/mol. The highest BCUT2D eigenvalue weighted by atomic mass is 16.5. The Labute approximate surface area is 193 Å². The fourth-order valence-corrected chi connectivity index (χ4v) is 4.25. The van der Waals surface area contributed by atoms with Gasteiger partial charge in [-0.1, -0.05) is 43.5 Å². The molecule has 1 aromatic heterocycles. The number of esters is 1. The van der Waals surface area contributed by atoms with Gasteiger partial charge in [0.25, 0.3) is 0 Å². The molecule has 0 bridgehead atoms. The van der Waals surface area contributed by atoms with Gasteiger partial charge in [-0.2, -0.15) is 5.10 Å². The van der Waals surface area contributed by atoms with Crippen LogP contribution in [0.5, 0.6) is 5.75 Å². The maximum absolute atomic E-state index is 12.7. The van der Waals surface area contributed by atoms with Crippen LogP contribution in [0.4, 0.5) is 5.69 Å². The Morgan fingerprint density at radius 3 is 2.61 bits per heavy atom. The second-order valence-corrected chi connectivity index (χ2v) is 8.12. The average Bonchev–Trinajstić information content (AvgIpc) is 3.30. The molecule has 1 N–H and O–H groups in total. The molecule has 1 aliphatic carbocycles. The van der Waals surface area contributed by atoms with E-state index in [0.29, 0.717) is 22.8 Å². The van der Waals surface area contributed by atoms with Crippen molar-refractivity contribution in [2.24, 2.45) is 5.92 Å². The first-order chi connectivity index (χ1) is 16.1. The number of amides is 1. The van der Waals surface area contributed by atoms with E-state index in [2.05, 4.69) is 10.4 Å². The number of nitrogens with zero attached hydrogens (tertiary/aromatic N) is 2. The molecule has 172 valence electrons. The molecular weight excluding hydrogens is 418 g/mol. The number of hydrogen-bond acceptors (Lipinski definition) is 5. The van der Waals surface area contributed by atoms with Crippen LogP contribution in [0.15, 0.2) is 54.6 Å². The third kappa shape index (κ3) is 5.08. The number of nitrogens with one attached hydrogen (secondary N) is 1. The zero-order valence-corrected chi connectivity index (χ0v) is 19.0. The summed E-state index contributed by atoms with van der Waals surface area (Å²) in [6.07, 6.45) is 5.29. The van der Waals surface area contributed by atoms with Gasteiger partial charge in [0.2, 0.25) is 5.91 Å². The maximum atomic E-state index is 12.7. The molecule has 0 atom stereocenters. The molecule has 1 amide bonds. The number of methoxy groups -OCH3 is 1. The number of anilines is 1. The van der Waals surface area contributed by atoms with Gasteiger partial charge in [-0.25, -0.2) is 9.48 Å². The summed E-state index contributed by atoms with van der Waals surface area (Å²) >= 11 is 0. The van der Waals surface area contributed by atoms with Crippen LogP contribution in [-0.2, 0) is 9.53 Å². The highest BCUT2D eigenvalue weighted by Crippen LogP contribution is 2.31. The molecule has 7 nitrogen and oxygen atoms in total. The number of carbonyl (C=O) groups excluding carboxylic acids is 2. The summed E-state index contributed by atoms with van der Waals surface area (Å²) in [4.78, 5) is 25.2. The minimum Gasteiger partial charge on any atom is -0.494 e. The van der Waals surface area contributed by atoms with Crippen molar-refractivity contribution in [1.82, 2.24) is 9.78 Å². The predicted molar refractivity (Wildman–Crippen MR) is 127 cm³/mol. The van der Waals surface area contributed by atoms with Crippen molar-refractivity contribution in [1.29, 1.82) is 0 Å². The molecule has 1 fully saturated rings. The number of para-hydroxylation sites is 2. The Balaban J connectivity index is 1.71. The molecule has 3 aromatic rings. The van der Waals surface area contributed by atoms with Gasteiger partial charge in [-0.05, 0) is 50.1 Å². The molecule has 0 radical (unpaired) electrons. The lowest BCUT2D eigenvalue weighted by molar-refractivity contribution is -0.120. The van der Waals surface area contributed by atoms with E-state index in [1.807, 2.05) is 48.5 Å². The molecule has 7 heteroatoms. The maximum Gasteiger partial charge on any atom is 0.358 e. The first-order valence-electron chi connectivity index (χ1n) is 11.4. The summed E-state index contributed by atoms with van der Waals surface area (Å²) in [5.74, 6) is 0.266. The minimum atomic E-state index is -0.492. The number of ether oxygens (including phenoxy) is 2. The molecule has 1 heterocycles. The van der Waals surface area contributed by atoms with Gasteiger partial charge in [0.05, 0.1) is 19.4 Å². The van der Waals surface area contributed by atoms with E-state index in [1.54, 1.807) is 24.8 Å². The smallest absolute Gasteiger partial charge is 0.358 e. The van der Waals surface area contributed by atoms with Crippen LogP contribution in [0.2, 0.25) is 0 Å². The van der Waals surface area contributed by atoms with Gasteiger partial charge in [0, 0.05) is 17.2 Å². The van der Waals surface area contributed by atoms with Crippen molar-refractivity contribution in [3.8, 4) is 22.7 Å². The predicted octanol–water partition coefficient (Wildman–Crippen LogP) is 5.24. The summed E-state index contributed by atoms with van der Waals surface area (Å²) in [5, 5.41) is 7.59. The van der Waals surface area contributed by atoms with Crippen LogP contribution in [0, 0.1) is 5.92 Å². The van der Waals surface area contributed by atoms with Crippen molar-refractivity contribution >= 4 is 17.6 Å². The number of hydrogen-bond donors (Lipinski definition) is 1. The third-order valence-electron chi connectivity index (χ3n) is 5.91. The van der Waals surface area contributed by atoms with Crippen LogP contribution in [0.25, 0.3) is 16.9 Å². The highest BCUT2D eigenvalue weighted by Gasteiger charge is 2.22. The van der Waals surface area contributed by atoms with E-state index in [0.717, 1.165) is 31.2 Å². The quantitative estimate of drug-likeness (QED) is 0.501. The molecular formula is C26H29N3O4. The second-order valence-electron chi connectivity index (χ2n) is 8.12. The minimum absolute atomic E-state index is 0.0666. The van der Waals surface area contributed by atoms with Crippen molar-refractivity contribution in [2.75, 3.05) is 19.0 Å². The number of benzene rings is 2. The Bertz CT molecular complexity index is 1130. The van der Waals surface area contributed by atoms with Gasteiger partial charge >= 0.3 is 5.97 Å². The van der Waals surface area contributed by atoms with E-state index in [9.17, 15) is 9.59 Å². The zero-order valence-electron chi connectivity index (χ0n) is 19.0. The molecule has 1 saturated carbocycles. The van der Waals surface area contributed by atoms with Gasteiger partial charge in [0.15, 0.2) is 5.69 Å². The second kappa shape index (κ2) is 10.3. The fourth-order valence-electron chi connectivity index (χ4n) is 4.25. The summed E-state index contributed by atoms with van der Waals surface area (Å²) in [6, 6.07) is 16.8. The normalized spacial score (nSPS) is 14.0. The summed E-state index contributed by atoms with van der Waals surface area (Å²) < 4.78 is 12.4. The Morgan fingerprint density at radius 1 is 1.06 bits per heavy atom. The lowest BCUT2D eigenvalue weighted by Crippen LogP contribution is -2.24. The van der Waals surface area contributed by atoms with Crippen molar-refractivity contribution < 1.29 is 19.1 Å².